The summed E-state index contributed by atoms with van der Waals surface area (Å²) in [6.07, 6.45) is 2.08. The van der Waals surface area contributed by atoms with Gasteiger partial charge in [-0.25, -0.2) is 0 Å². The van der Waals surface area contributed by atoms with E-state index >= 15 is 0 Å². The van der Waals surface area contributed by atoms with Gasteiger partial charge in [-0.3, -0.25) is 4.79 Å². The molecule has 2 saturated carbocycles. The summed E-state index contributed by atoms with van der Waals surface area (Å²) in [5, 5.41) is 0. The van der Waals surface area contributed by atoms with Crippen LogP contribution in [0.1, 0.15) is 59.4 Å². The molecule has 0 heterocycles. The molecule has 2 atom stereocenters. The standard InChI is InChI=1S/C20H28O4S/c1-18(2,3)14-6-8-16(9-7-14)24-25(22,23)13-20-11-10-15(12-17(20)21)19(20,4)5/h6-9,15H,10-13H2,1-5H3. The summed E-state index contributed by atoms with van der Waals surface area (Å²) >= 11 is 0. The third kappa shape index (κ3) is 3.01. The van der Waals surface area contributed by atoms with E-state index in [1.807, 2.05) is 26.0 Å². The Morgan fingerprint density at radius 3 is 2.20 bits per heavy atom. The molecule has 2 fully saturated rings. The Morgan fingerprint density at radius 2 is 1.76 bits per heavy atom. The molecule has 0 aromatic heterocycles. The maximum atomic E-state index is 12.7. The topological polar surface area (TPSA) is 60.4 Å². The number of benzene rings is 1. The molecule has 2 aliphatic rings. The molecule has 1 aromatic rings. The van der Waals surface area contributed by atoms with Crippen molar-refractivity contribution in [2.24, 2.45) is 16.7 Å². The Morgan fingerprint density at radius 1 is 1.16 bits per heavy atom. The lowest BCUT2D eigenvalue weighted by Crippen LogP contribution is -2.43. The van der Waals surface area contributed by atoms with Crippen LogP contribution in [0.5, 0.6) is 5.75 Å². The minimum Gasteiger partial charge on any atom is -0.382 e. The smallest absolute Gasteiger partial charge is 0.310 e. The van der Waals surface area contributed by atoms with Crippen molar-refractivity contribution in [3.8, 4) is 5.75 Å². The van der Waals surface area contributed by atoms with Gasteiger partial charge in [0.25, 0.3) is 0 Å². The number of rotatable bonds is 4. The zero-order valence-corrected chi connectivity index (χ0v) is 16.6. The van der Waals surface area contributed by atoms with Gasteiger partial charge in [0, 0.05) is 6.42 Å². The second-order valence-corrected chi connectivity index (χ2v) is 10.8. The summed E-state index contributed by atoms with van der Waals surface area (Å²) in [5.41, 5.74) is 0.0372. The lowest BCUT2D eigenvalue weighted by Gasteiger charge is -2.35. The Bertz CT molecular complexity index is 784. The lowest BCUT2D eigenvalue weighted by molar-refractivity contribution is -0.128. The summed E-state index contributed by atoms with van der Waals surface area (Å²) < 4.78 is 30.7. The van der Waals surface area contributed by atoms with Gasteiger partial charge in [-0.05, 0) is 47.3 Å². The van der Waals surface area contributed by atoms with Crippen LogP contribution in [0.25, 0.3) is 0 Å². The molecule has 0 aliphatic heterocycles. The maximum Gasteiger partial charge on any atom is 0.310 e. The first-order chi connectivity index (χ1) is 11.4. The van der Waals surface area contributed by atoms with Crippen molar-refractivity contribution in [1.29, 1.82) is 0 Å². The molecule has 3 rings (SSSR count). The Kier molecular flexibility index (Phi) is 4.10. The zero-order chi connectivity index (χ0) is 18.7. The van der Waals surface area contributed by atoms with Crippen LogP contribution in [0.3, 0.4) is 0 Å². The molecule has 1 aromatic carbocycles. The van der Waals surface area contributed by atoms with Gasteiger partial charge in [0.1, 0.15) is 11.5 Å². The van der Waals surface area contributed by atoms with Crippen molar-refractivity contribution in [1.82, 2.24) is 0 Å². The molecule has 0 radical (unpaired) electrons. The van der Waals surface area contributed by atoms with E-state index in [0.717, 1.165) is 12.0 Å². The molecule has 0 saturated heterocycles. The number of fused-ring (bicyclic) bond motifs is 2. The highest BCUT2D eigenvalue weighted by molar-refractivity contribution is 7.87. The van der Waals surface area contributed by atoms with Crippen molar-refractivity contribution in [3.63, 3.8) is 0 Å². The van der Waals surface area contributed by atoms with Gasteiger partial charge in [0.2, 0.25) is 0 Å². The van der Waals surface area contributed by atoms with Crippen LogP contribution in [0.2, 0.25) is 0 Å². The molecular formula is C20H28O4S. The van der Waals surface area contributed by atoms with Gasteiger partial charge < -0.3 is 4.18 Å². The molecule has 0 amide bonds. The average Bonchev–Trinajstić information content (AvgIpc) is 2.80. The van der Waals surface area contributed by atoms with Crippen LogP contribution in [0.15, 0.2) is 24.3 Å². The van der Waals surface area contributed by atoms with Gasteiger partial charge in [-0.2, -0.15) is 8.42 Å². The van der Waals surface area contributed by atoms with Crippen LogP contribution in [0, 0.1) is 16.7 Å². The quantitative estimate of drug-likeness (QED) is 0.755. The number of carbonyl (C=O) groups is 1. The highest BCUT2D eigenvalue weighted by Crippen LogP contribution is 2.64. The van der Waals surface area contributed by atoms with Gasteiger partial charge in [0.05, 0.1) is 11.2 Å². The first kappa shape index (κ1) is 18.4. The molecule has 2 unspecified atom stereocenters. The largest absolute Gasteiger partial charge is 0.382 e. The van der Waals surface area contributed by atoms with E-state index in [-0.39, 0.29) is 22.4 Å². The van der Waals surface area contributed by atoms with Gasteiger partial charge in [-0.15, -0.1) is 0 Å². The number of hydrogen-bond donors (Lipinski definition) is 0. The molecule has 2 bridgehead atoms. The molecule has 0 spiro atoms. The first-order valence-corrected chi connectivity index (χ1v) is 10.5. The molecular weight excluding hydrogens is 336 g/mol. The highest BCUT2D eigenvalue weighted by Gasteiger charge is 2.65. The second-order valence-electron chi connectivity index (χ2n) is 9.23. The Hall–Kier alpha value is -1.36. The molecule has 5 heteroatoms. The third-order valence-electron chi connectivity index (χ3n) is 6.51. The molecule has 138 valence electrons. The van der Waals surface area contributed by atoms with E-state index in [1.165, 1.54) is 0 Å². The molecule has 25 heavy (non-hydrogen) atoms. The van der Waals surface area contributed by atoms with Crippen molar-refractivity contribution < 1.29 is 17.4 Å². The van der Waals surface area contributed by atoms with Gasteiger partial charge in [0.15, 0.2) is 0 Å². The average molecular weight is 365 g/mol. The van der Waals surface area contributed by atoms with Crippen molar-refractivity contribution in [2.75, 3.05) is 5.75 Å². The van der Waals surface area contributed by atoms with Crippen LogP contribution in [-0.4, -0.2) is 20.0 Å². The molecule has 0 N–H and O–H groups in total. The normalized spacial score (nSPS) is 28.4. The van der Waals surface area contributed by atoms with E-state index in [2.05, 4.69) is 20.8 Å². The van der Waals surface area contributed by atoms with E-state index in [9.17, 15) is 13.2 Å². The summed E-state index contributed by atoms with van der Waals surface area (Å²) in [6, 6.07) is 7.16. The van der Waals surface area contributed by atoms with E-state index in [1.54, 1.807) is 12.1 Å². The third-order valence-corrected chi connectivity index (χ3v) is 7.80. The maximum absolute atomic E-state index is 12.7. The highest BCUT2D eigenvalue weighted by atomic mass is 32.2. The van der Waals surface area contributed by atoms with E-state index < -0.39 is 15.5 Å². The van der Waals surface area contributed by atoms with Crippen LogP contribution >= 0.6 is 0 Å². The fourth-order valence-corrected chi connectivity index (χ4v) is 6.34. The molecule has 2 aliphatic carbocycles. The Labute approximate surface area is 151 Å². The predicted molar refractivity (Wildman–Crippen MR) is 98.1 cm³/mol. The minimum absolute atomic E-state index is 0.00445. The number of ketones is 1. The first-order valence-electron chi connectivity index (χ1n) is 8.93. The van der Waals surface area contributed by atoms with Crippen LogP contribution < -0.4 is 4.18 Å². The molecule has 4 nitrogen and oxygen atoms in total. The number of carbonyl (C=O) groups excluding carboxylic acids is 1. The van der Waals surface area contributed by atoms with E-state index in [0.29, 0.717) is 24.5 Å². The minimum atomic E-state index is -3.84. The lowest BCUT2D eigenvalue weighted by atomic mass is 9.70. The second kappa shape index (κ2) is 5.57. The van der Waals surface area contributed by atoms with Crippen molar-refractivity contribution >= 4 is 15.9 Å². The van der Waals surface area contributed by atoms with Crippen molar-refractivity contribution in [3.05, 3.63) is 29.8 Å². The number of hydrogen-bond acceptors (Lipinski definition) is 4. The van der Waals surface area contributed by atoms with E-state index in [4.69, 9.17) is 4.18 Å². The van der Waals surface area contributed by atoms with Crippen LogP contribution in [-0.2, 0) is 20.3 Å². The fourth-order valence-electron chi connectivity index (χ4n) is 4.60. The fraction of sp³-hybridized carbons (Fsp3) is 0.650. The predicted octanol–water partition coefficient (Wildman–Crippen LogP) is 4.09. The van der Waals surface area contributed by atoms with Gasteiger partial charge in [-0.1, -0.05) is 46.8 Å². The van der Waals surface area contributed by atoms with Crippen molar-refractivity contribution in [2.45, 2.75) is 59.3 Å². The summed E-state index contributed by atoms with van der Waals surface area (Å²) in [6.45, 7) is 10.4. The zero-order valence-electron chi connectivity index (χ0n) is 15.8. The summed E-state index contributed by atoms with van der Waals surface area (Å²) in [5.74, 6) is 0.469. The van der Waals surface area contributed by atoms with Gasteiger partial charge >= 0.3 is 10.1 Å². The Balaban J connectivity index is 1.80. The number of Topliss-reactive ketones (excluding diaryl/α,β-unsaturated/α-hetero) is 1. The summed E-state index contributed by atoms with van der Waals surface area (Å²) in [4.78, 5) is 12.5. The monoisotopic (exact) mass is 364 g/mol. The van der Waals surface area contributed by atoms with Crippen LogP contribution in [0.4, 0.5) is 0 Å². The summed E-state index contributed by atoms with van der Waals surface area (Å²) in [7, 11) is -3.84. The SMILES string of the molecule is CC(C)(C)c1ccc(OS(=O)(=O)CC23CCC(CC2=O)C3(C)C)cc1.